The molecule has 2 aromatic rings. The summed E-state index contributed by atoms with van der Waals surface area (Å²) in [5.41, 5.74) is 1.60. The largest absolute Gasteiger partial charge is 0.361 e. The highest BCUT2D eigenvalue weighted by Crippen LogP contribution is 2.39. The van der Waals surface area contributed by atoms with Gasteiger partial charge in [-0.2, -0.15) is 0 Å². The van der Waals surface area contributed by atoms with Gasteiger partial charge >= 0.3 is 0 Å². The minimum atomic E-state index is -0.402. The summed E-state index contributed by atoms with van der Waals surface area (Å²) in [6.45, 7) is 6.20. The Morgan fingerprint density at radius 3 is 2.60 bits per heavy atom. The van der Waals surface area contributed by atoms with E-state index >= 15 is 0 Å². The second kappa shape index (κ2) is 4.59. The molecule has 104 valence electrons. The molecule has 1 amide bonds. The number of hydrogen-bond acceptors (Lipinski definition) is 4. The molecule has 1 aliphatic heterocycles. The number of nitrogens with zero attached hydrogens (tertiary/aromatic N) is 1. The van der Waals surface area contributed by atoms with E-state index in [2.05, 4.69) is 35.5 Å². The summed E-state index contributed by atoms with van der Waals surface area (Å²) in [5, 5.41) is 6.52. The minimum absolute atomic E-state index is 0.000237. The SMILES string of the molecule is CC(C)C1(C)NC(=O)c2sc(-c3ccncc3)cc2N1. The van der Waals surface area contributed by atoms with Crippen molar-refractivity contribution in [1.82, 2.24) is 10.3 Å². The zero-order valence-electron chi connectivity index (χ0n) is 11.7. The van der Waals surface area contributed by atoms with E-state index in [0.717, 1.165) is 21.0 Å². The molecule has 0 saturated heterocycles. The topological polar surface area (TPSA) is 54.0 Å². The number of aromatic nitrogens is 1. The second-order valence-corrected chi connectivity index (χ2v) is 6.58. The molecule has 0 saturated carbocycles. The number of amides is 1. The Kier molecular flexibility index (Phi) is 3.01. The van der Waals surface area contributed by atoms with Crippen LogP contribution >= 0.6 is 11.3 Å². The van der Waals surface area contributed by atoms with Crippen LogP contribution in [-0.4, -0.2) is 16.6 Å². The number of anilines is 1. The Morgan fingerprint density at radius 2 is 1.95 bits per heavy atom. The van der Waals surface area contributed by atoms with Crippen LogP contribution in [0.3, 0.4) is 0 Å². The molecular formula is C15H17N3OS. The van der Waals surface area contributed by atoms with Crippen molar-refractivity contribution in [2.75, 3.05) is 5.32 Å². The van der Waals surface area contributed by atoms with Gasteiger partial charge in [0.25, 0.3) is 5.91 Å². The highest BCUT2D eigenvalue weighted by atomic mass is 32.1. The lowest BCUT2D eigenvalue weighted by Gasteiger charge is -2.39. The molecule has 5 heteroatoms. The van der Waals surface area contributed by atoms with Crippen molar-refractivity contribution in [3.05, 3.63) is 35.5 Å². The summed E-state index contributed by atoms with van der Waals surface area (Å²) in [4.78, 5) is 18.1. The van der Waals surface area contributed by atoms with Crippen molar-refractivity contribution in [3.63, 3.8) is 0 Å². The first-order valence-electron chi connectivity index (χ1n) is 6.64. The average Bonchev–Trinajstić information content (AvgIpc) is 2.83. The van der Waals surface area contributed by atoms with E-state index in [1.54, 1.807) is 12.4 Å². The lowest BCUT2D eigenvalue weighted by atomic mass is 9.95. The molecule has 20 heavy (non-hydrogen) atoms. The zero-order valence-corrected chi connectivity index (χ0v) is 12.5. The zero-order chi connectivity index (χ0) is 14.3. The van der Waals surface area contributed by atoms with Gasteiger partial charge in [0.1, 0.15) is 10.5 Å². The average molecular weight is 287 g/mol. The fourth-order valence-electron chi connectivity index (χ4n) is 2.20. The van der Waals surface area contributed by atoms with Crippen LogP contribution in [0.1, 0.15) is 30.4 Å². The summed E-state index contributed by atoms with van der Waals surface area (Å²) in [7, 11) is 0. The Morgan fingerprint density at radius 1 is 1.25 bits per heavy atom. The Hall–Kier alpha value is -1.88. The van der Waals surface area contributed by atoms with Crippen molar-refractivity contribution < 1.29 is 4.79 Å². The fourth-order valence-corrected chi connectivity index (χ4v) is 3.22. The van der Waals surface area contributed by atoms with Gasteiger partial charge in [-0.25, -0.2) is 0 Å². The Bertz CT molecular complexity index is 650. The molecule has 2 aromatic heterocycles. The number of rotatable bonds is 2. The molecule has 1 atom stereocenters. The van der Waals surface area contributed by atoms with E-state index < -0.39 is 5.66 Å². The lowest BCUT2D eigenvalue weighted by molar-refractivity contribution is 0.0889. The predicted octanol–water partition coefficient (Wildman–Crippen LogP) is 3.34. The lowest BCUT2D eigenvalue weighted by Crippen LogP contribution is -2.58. The maximum absolute atomic E-state index is 12.3. The molecule has 0 aromatic carbocycles. The molecule has 4 nitrogen and oxygen atoms in total. The summed E-state index contributed by atoms with van der Waals surface area (Å²) < 4.78 is 0. The molecule has 3 heterocycles. The third kappa shape index (κ3) is 2.08. The van der Waals surface area contributed by atoms with Gasteiger partial charge in [0.05, 0.1) is 5.69 Å². The number of thiophene rings is 1. The van der Waals surface area contributed by atoms with Gasteiger partial charge in [-0.15, -0.1) is 11.3 Å². The minimum Gasteiger partial charge on any atom is -0.361 e. The van der Waals surface area contributed by atoms with Crippen molar-refractivity contribution in [3.8, 4) is 10.4 Å². The van der Waals surface area contributed by atoms with Crippen LogP contribution in [0.4, 0.5) is 5.69 Å². The van der Waals surface area contributed by atoms with Gasteiger partial charge in [0.2, 0.25) is 0 Å². The number of hydrogen-bond donors (Lipinski definition) is 2. The van der Waals surface area contributed by atoms with Crippen molar-refractivity contribution in [2.45, 2.75) is 26.4 Å². The van der Waals surface area contributed by atoms with E-state index in [1.165, 1.54) is 11.3 Å². The Labute approximate surface area is 122 Å². The molecule has 1 unspecified atom stereocenters. The summed E-state index contributed by atoms with van der Waals surface area (Å²) in [6.07, 6.45) is 3.53. The van der Waals surface area contributed by atoms with Crippen LogP contribution in [0.25, 0.3) is 10.4 Å². The third-order valence-corrected chi connectivity index (χ3v) is 5.01. The van der Waals surface area contributed by atoms with Crippen LogP contribution < -0.4 is 10.6 Å². The first-order chi connectivity index (χ1) is 9.49. The van der Waals surface area contributed by atoms with E-state index in [4.69, 9.17) is 0 Å². The Balaban J connectivity index is 2.02. The van der Waals surface area contributed by atoms with Gasteiger partial charge < -0.3 is 10.6 Å². The van der Waals surface area contributed by atoms with Crippen LogP contribution in [0.5, 0.6) is 0 Å². The maximum Gasteiger partial charge on any atom is 0.265 e. The number of carbonyl (C=O) groups is 1. The van der Waals surface area contributed by atoms with Crippen LogP contribution in [0, 0.1) is 5.92 Å². The van der Waals surface area contributed by atoms with Crippen LogP contribution in [0.2, 0.25) is 0 Å². The molecule has 1 aliphatic rings. The van der Waals surface area contributed by atoms with Crippen LogP contribution in [-0.2, 0) is 0 Å². The summed E-state index contributed by atoms with van der Waals surface area (Å²) >= 11 is 1.51. The van der Waals surface area contributed by atoms with E-state index in [-0.39, 0.29) is 5.91 Å². The number of pyridine rings is 1. The van der Waals surface area contributed by atoms with Crippen LogP contribution in [0.15, 0.2) is 30.6 Å². The first-order valence-corrected chi connectivity index (χ1v) is 7.46. The molecule has 0 fully saturated rings. The smallest absolute Gasteiger partial charge is 0.265 e. The second-order valence-electron chi connectivity index (χ2n) is 5.53. The molecule has 0 bridgehead atoms. The molecule has 0 spiro atoms. The summed E-state index contributed by atoms with van der Waals surface area (Å²) in [6, 6.07) is 5.96. The van der Waals surface area contributed by atoms with E-state index in [9.17, 15) is 4.79 Å². The standard InChI is InChI=1S/C15H17N3OS/c1-9(2)15(3)17-11-8-12(10-4-6-16-7-5-10)20-13(11)14(19)18-15/h4-9,17H,1-3H3,(H,18,19). The quantitative estimate of drug-likeness (QED) is 0.890. The maximum atomic E-state index is 12.3. The first kappa shape index (κ1) is 13.1. The highest BCUT2D eigenvalue weighted by molar-refractivity contribution is 7.18. The van der Waals surface area contributed by atoms with E-state index in [0.29, 0.717) is 5.92 Å². The van der Waals surface area contributed by atoms with Gasteiger partial charge in [-0.05, 0) is 36.6 Å². The third-order valence-electron chi connectivity index (χ3n) is 3.83. The van der Waals surface area contributed by atoms with Crippen molar-refractivity contribution in [2.24, 2.45) is 5.92 Å². The van der Waals surface area contributed by atoms with E-state index in [1.807, 2.05) is 19.1 Å². The number of carbonyl (C=O) groups excluding carboxylic acids is 1. The molecule has 0 aliphatic carbocycles. The highest BCUT2D eigenvalue weighted by Gasteiger charge is 2.37. The molecule has 0 radical (unpaired) electrons. The normalized spacial score (nSPS) is 21.3. The monoisotopic (exact) mass is 287 g/mol. The van der Waals surface area contributed by atoms with Gasteiger partial charge in [-0.1, -0.05) is 13.8 Å². The molecular weight excluding hydrogens is 270 g/mol. The van der Waals surface area contributed by atoms with Gasteiger partial charge in [0.15, 0.2) is 0 Å². The number of nitrogens with one attached hydrogen (secondary N) is 2. The molecule has 3 rings (SSSR count). The summed E-state index contributed by atoms with van der Waals surface area (Å²) in [5.74, 6) is 0.295. The van der Waals surface area contributed by atoms with Crippen molar-refractivity contribution >= 4 is 22.9 Å². The fraction of sp³-hybridized carbons (Fsp3) is 0.333. The van der Waals surface area contributed by atoms with Crippen molar-refractivity contribution in [1.29, 1.82) is 0 Å². The predicted molar refractivity (Wildman–Crippen MR) is 81.9 cm³/mol. The number of fused-ring (bicyclic) bond motifs is 1. The van der Waals surface area contributed by atoms with Gasteiger partial charge in [0, 0.05) is 17.3 Å². The molecule has 2 N–H and O–H groups in total. The van der Waals surface area contributed by atoms with Gasteiger partial charge in [-0.3, -0.25) is 9.78 Å².